The molecule has 12 aromatic rings. The summed E-state index contributed by atoms with van der Waals surface area (Å²) in [5.74, 6) is 1.80. The molecule has 4 aromatic heterocycles. The molecule has 0 aliphatic rings. The summed E-state index contributed by atoms with van der Waals surface area (Å²) in [5.41, 5.74) is 10.1. The van der Waals surface area contributed by atoms with E-state index in [1.54, 1.807) is 0 Å². The van der Waals surface area contributed by atoms with Gasteiger partial charge in [-0.2, -0.15) is 0 Å². The van der Waals surface area contributed by atoms with Crippen molar-refractivity contribution in [3.05, 3.63) is 182 Å². The number of thiophene rings is 1. The fourth-order valence-electron chi connectivity index (χ4n) is 8.52. The Balaban J connectivity index is 1.04. The SMILES string of the molecule is c1ccc(-c2nc(-c3ccccc3)nc(-c3cccc4c3oc3cccc(-c5cccc6c5sc5ccc(-n7c8ccccc8c8ccccc87)cc56)c34)n2)cc1. The van der Waals surface area contributed by atoms with Crippen molar-refractivity contribution in [2.45, 2.75) is 0 Å². The van der Waals surface area contributed by atoms with Crippen molar-refractivity contribution in [3.8, 4) is 51.0 Å². The third kappa shape index (κ3) is 4.98. The molecule has 8 aromatic carbocycles. The van der Waals surface area contributed by atoms with Crippen LogP contribution in [0.4, 0.5) is 0 Å². The van der Waals surface area contributed by atoms with Gasteiger partial charge < -0.3 is 8.98 Å². The number of hydrogen-bond donors (Lipinski definition) is 0. The molecule has 0 N–H and O–H groups in total. The Morgan fingerprint density at radius 3 is 1.68 bits per heavy atom. The number of para-hydroxylation sites is 3. The Morgan fingerprint density at radius 1 is 0.421 bits per heavy atom. The lowest BCUT2D eigenvalue weighted by atomic mass is 9.97. The van der Waals surface area contributed by atoms with Crippen LogP contribution in [0, 0.1) is 0 Å². The average Bonchev–Trinajstić information content (AvgIpc) is 3.96. The van der Waals surface area contributed by atoms with E-state index in [4.69, 9.17) is 19.4 Å². The predicted octanol–water partition coefficient (Wildman–Crippen LogP) is 13.9. The van der Waals surface area contributed by atoms with Gasteiger partial charge in [0, 0.05) is 64.1 Å². The second-order valence-corrected chi connectivity index (χ2v) is 15.4. The monoisotopic (exact) mass is 746 g/mol. The van der Waals surface area contributed by atoms with E-state index in [1.807, 2.05) is 78.1 Å². The van der Waals surface area contributed by atoms with Crippen LogP contribution in [-0.4, -0.2) is 19.5 Å². The molecule has 12 rings (SSSR count). The Labute approximate surface area is 330 Å². The van der Waals surface area contributed by atoms with Gasteiger partial charge in [-0.15, -0.1) is 11.3 Å². The Bertz CT molecular complexity index is 3420. The van der Waals surface area contributed by atoms with Crippen molar-refractivity contribution in [2.24, 2.45) is 0 Å². The molecule has 0 saturated heterocycles. The summed E-state index contributed by atoms with van der Waals surface area (Å²) in [6, 6.07) is 63.7. The van der Waals surface area contributed by atoms with Crippen LogP contribution in [0.25, 0.3) is 115 Å². The van der Waals surface area contributed by atoms with Crippen LogP contribution in [-0.2, 0) is 0 Å². The number of furan rings is 1. The van der Waals surface area contributed by atoms with Gasteiger partial charge in [-0.25, -0.2) is 15.0 Å². The van der Waals surface area contributed by atoms with E-state index in [1.165, 1.54) is 47.5 Å². The van der Waals surface area contributed by atoms with E-state index in [2.05, 4.69) is 120 Å². The normalized spacial score (nSPS) is 11.9. The number of nitrogens with zero attached hydrogens (tertiary/aromatic N) is 4. The maximum absolute atomic E-state index is 6.79. The molecule has 0 radical (unpaired) electrons. The lowest BCUT2D eigenvalue weighted by Crippen LogP contribution is -2.00. The number of aromatic nitrogens is 4. The molecule has 0 saturated carbocycles. The van der Waals surface area contributed by atoms with Crippen LogP contribution in [0.1, 0.15) is 0 Å². The minimum atomic E-state index is 0.569. The van der Waals surface area contributed by atoms with Gasteiger partial charge in [0.1, 0.15) is 11.2 Å². The van der Waals surface area contributed by atoms with Crippen LogP contribution in [0.3, 0.4) is 0 Å². The first-order chi connectivity index (χ1) is 28.3. The van der Waals surface area contributed by atoms with E-state index >= 15 is 0 Å². The average molecular weight is 747 g/mol. The summed E-state index contributed by atoms with van der Waals surface area (Å²) < 4.78 is 11.7. The van der Waals surface area contributed by atoms with Crippen LogP contribution in [0.2, 0.25) is 0 Å². The minimum absolute atomic E-state index is 0.569. The molecule has 0 fully saturated rings. The summed E-state index contributed by atoms with van der Waals surface area (Å²) in [6.07, 6.45) is 0. The molecule has 0 amide bonds. The fourth-order valence-corrected chi connectivity index (χ4v) is 9.73. The smallest absolute Gasteiger partial charge is 0.167 e. The molecule has 266 valence electrons. The van der Waals surface area contributed by atoms with Crippen molar-refractivity contribution in [1.82, 2.24) is 19.5 Å². The summed E-state index contributed by atoms with van der Waals surface area (Å²) in [4.78, 5) is 15.0. The number of fused-ring (bicyclic) bond motifs is 9. The second kappa shape index (κ2) is 12.6. The van der Waals surface area contributed by atoms with E-state index in [0.29, 0.717) is 17.5 Å². The molecule has 0 atom stereocenters. The van der Waals surface area contributed by atoms with E-state index in [-0.39, 0.29) is 0 Å². The van der Waals surface area contributed by atoms with Crippen molar-refractivity contribution in [2.75, 3.05) is 0 Å². The third-order valence-corrected chi connectivity index (χ3v) is 12.3. The predicted molar refractivity (Wildman–Crippen MR) is 236 cm³/mol. The van der Waals surface area contributed by atoms with Crippen LogP contribution in [0.5, 0.6) is 0 Å². The number of benzene rings is 8. The van der Waals surface area contributed by atoms with Crippen molar-refractivity contribution < 1.29 is 4.42 Å². The highest BCUT2D eigenvalue weighted by Gasteiger charge is 2.21. The zero-order valence-electron chi connectivity index (χ0n) is 30.4. The summed E-state index contributed by atoms with van der Waals surface area (Å²) in [7, 11) is 0. The Morgan fingerprint density at radius 2 is 0.982 bits per heavy atom. The second-order valence-electron chi connectivity index (χ2n) is 14.3. The molecular weight excluding hydrogens is 717 g/mol. The number of rotatable bonds is 5. The molecule has 4 heterocycles. The highest BCUT2D eigenvalue weighted by molar-refractivity contribution is 7.26. The highest BCUT2D eigenvalue weighted by Crippen LogP contribution is 2.46. The van der Waals surface area contributed by atoms with Crippen molar-refractivity contribution in [3.63, 3.8) is 0 Å². The summed E-state index contributed by atoms with van der Waals surface area (Å²) >= 11 is 1.85. The Kier molecular flexibility index (Phi) is 7.03. The minimum Gasteiger partial charge on any atom is -0.455 e. The van der Waals surface area contributed by atoms with Gasteiger partial charge in [-0.1, -0.05) is 140 Å². The van der Waals surface area contributed by atoms with Crippen molar-refractivity contribution in [1.29, 1.82) is 0 Å². The van der Waals surface area contributed by atoms with Gasteiger partial charge >= 0.3 is 0 Å². The van der Waals surface area contributed by atoms with Gasteiger partial charge in [-0.05, 0) is 48.0 Å². The van der Waals surface area contributed by atoms with E-state index < -0.39 is 0 Å². The van der Waals surface area contributed by atoms with Gasteiger partial charge in [0.05, 0.1) is 16.6 Å². The van der Waals surface area contributed by atoms with Gasteiger partial charge in [0.2, 0.25) is 0 Å². The lowest BCUT2D eigenvalue weighted by molar-refractivity contribution is 0.669. The molecule has 6 heteroatoms. The lowest BCUT2D eigenvalue weighted by Gasteiger charge is -2.09. The maximum Gasteiger partial charge on any atom is 0.167 e. The van der Waals surface area contributed by atoms with Crippen molar-refractivity contribution >= 4 is 75.3 Å². The largest absolute Gasteiger partial charge is 0.455 e. The van der Waals surface area contributed by atoms with Gasteiger partial charge in [0.25, 0.3) is 0 Å². The van der Waals surface area contributed by atoms with Crippen LogP contribution >= 0.6 is 11.3 Å². The molecule has 0 aliphatic carbocycles. The first kappa shape index (κ1) is 31.9. The van der Waals surface area contributed by atoms with Gasteiger partial charge in [-0.3, -0.25) is 0 Å². The molecule has 0 spiro atoms. The molecular formula is C51H30N4OS. The maximum atomic E-state index is 6.79. The van der Waals surface area contributed by atoms with E-state index in [9.17, 15) is 0 Å². The molecule has 0 aliphatic heterocycles. The fraction of sp³-hybridized carbons (Fsp3) is 0. The molecule has 5 nitrogen and oxygen atoms in total. The zero-order chi connectivity index (χ0) is 37.5. The highest BCUT2D eigenvalue weighted by atomic mass is 32.1. The molecule has 0 unspecified atom stereocenters. The topological polar surface area (TPSA) is 56.7 Å². The van der Waals surface area contributed by atoms with Crippen LogP contribution in [0.15, 0.2) is 186 Å². The zero-order valence-corrected chi connectivity index (χ0v) is 31.2. The first-order valence-electron chi connectivity index (χ1n) is 19.0. The third-order valence-electron chi connectivity index (χ3n) is 11.1. The van der Waals surface area contributed by atoms with Gasteiger partial charge in [0.15, 0.2) is 17.5 Å². The standard InChI is InChI=1S/C51H30N4OS/c1-3-14-31(15-4-1)49-52-50(32-16-5-2-6-17-32)54-51(53-49)40-24-12-23-39-46-36(20-13-27-44(46)56-47(39)40)37-21-11-22-38-41-30-33(28-29-45(41)57-48(37)38)55-42-25-9-7-18-34(42)35-19-8-10-26-43(35)55/h1-30H. The Hall–Kier alpha value is -7.41. The quantitative estimate of drug-likeness (QED) is 0.176. The molecule has 0 bridgehead atoms. The number of hydrogen-bond acceptors (Lipinski definition) is 5. The molecule has 57 heavy (non-hydrogen) atoms. The van der Waals surface area contributed by atoms with Crippen LogP contribution < -0.4 is 0 Å². The first-order valence-corrected chi connectivity index (χ1v) is 19.8. The summed E-state index contributed by atoms with van der Waals surface area (Å²) in [5, 5.41) is 7.11. The summed E-state index contributed by atoms with van der Waals surface area (Å²) in [6.45, 7) is 0. The van der Waals surface area contributed by atoms with E-state index in [0.717, 1.165) is 49.9 Å².